The van der Waals surface area contributed by atoms with Crippen molar-refractivity contribution >= 4 is 12.2 Å². The van der Waals surface area contributed by atoms with Gasteiger partial charge in [0.25, 0.3) is 5.56 Å². The van der Waals surface area contributed by atoms with Crippen LogP contribution in [0.4, 0.5) is 5.95 Å². The molecule has 0 amide bonds. The molecule has 0 unspecified atom stereocenters. The molecule has 0 spiro atoms. The lowest BCUT2D eigenvalue weighted by molar-refractivity contribution is 1.08. The maximum absolute atomic E-state index is 12.2. The maximum atomic E-state index is 12.2. The fraction of sp³-hybridized carbons (Fsp3) is 0.0500. The highest BCUT2D eigenvalue weighted by atomic mass is 16.1. The molecule has 0 aliphatic heterocycles. The van der Waals surface area contributed by atoms with Gasteiger partial charge in [-0.3, -0.25) is 9.78 Å². The average Bonchev–Trinajstić information content (AvgIpc) is 2.68. The molecule has 1 aromatic heterocycles. The molecule has 0 atom stereocenters. The van der Waals surface area contributed by atoms with Crippen LogP contribution in [0.2, 0.25) is 0 Å². The van der Waals surface area contributed by atoms with Gasteiger partial charge in [0.2, 0.25) is 5.95 Å². The second-order valence-corrected chi connectivity index (χ2v) is 5.67. The molecule has 2 N–H and O–H groups in total. The molecule has 3 rings (SSSR count). The predicted octanol–water partition coefficient (Wildman–Crippen LogP) is 2.93. The van der Waals surface area contributed by atoms with Gasteiger partial charge in [0, 0.05) is 5.56 Å². The number of hydrazone groups is 1. The smallest absolute Gasteiger partial charge is 0.270 e. The first-order valence-corrected chi connectivity index (χ1v) is 8.02. The van der Waals surface area contributed by atoms with Crippen molar-refractivity contribution in [3.63, 3.8) is 0 Å². The molecule has 0 saturated heterocycles. The molecule has 0 aliphatic carbocycles. The average molecular weight is 354 g/mol. The summed E-state index contributed by atoms with van der Waals surface area (Å²) in [5.74, 6) is 0.125. The predicted molar refractivity (Wildman–Crippen MR) is 102 cm³/mol. The van der Waals surface area contributed by atoms with Gasteiger partial charge in [-0.2, -0.15) is 15.6 Å². The molecule has 0 saturated carbocycles. The Balaban J connectivity index is 1.89. The van der Waals surface area contributed by atoms with Crippen molar-refractivity contribution in [3.8, 4) is 23.4 Å². The zero-order valence-corrected chi connectivity index (χ0v) is 14.4. The molecule has 1 heterocycles. The van der Waals surface area contributed by atoms with Gasteiger partial charge in [-0.25, -0.2) is 10.4 Å². The number of aromatic nitrogens is 2. The largest absolute Gasteiger partial charge is 0.290 e. The first-order valence-electron chi connectivity index (χ1n) is 8.02. The number of aromatic amines is 1. The zero-order chi connectivity index (χ0) is 19.2. The molecule has 27 heavy (non-hydrogen) atoms. The quantitative estimate of drug-likeness (QED) is 0.552. The summed E-state index contributed by atoms with van der Waals surface area (Å²) in [6.45, 7) is 1.84. The van der Waals surface area contributed by atoms with Crippen molar-refractivity contribution in [3.05, 3.63) is 81.1 Å². The Hall–Kier alpha value is -4.23. The van der Waals surface area contributed by atoms with E-state index in [1.54, 1.807) is 42.6 Å². The van der Waals surface area contributed by atoms with Crippen LogP contribution in [-0.4, -0.2) is 16.2 Å². The van der Waals surface area contributed by atoms with Gasteiger partial charge in [-0.05, 0) is 30.2 Å². The van der Waals surface area contributed by atoms with Gasteiger partial charge >= 0.3 is 0 Å². The Kier molecular flexibility index (Phi) is 5.06. The Morgan fingerprint density at radius 1 is 1.15 bits per heavy atom. The third kappa shape index (κ3) is 3.89. The lowest BCUT2D eigenvalue weighted by atomic mass is 10.1. The van der Waals surface area contributed by atoms with Crippen LogP contribution in [0.1, 0.15) is 22.3 Å². The molecule has 2 aromatic carbocycles. The summed E-state index contributed by atoms with van der Waals surface area (Å²) in [5.41, 5.74) is 5.26. The van der Waals surface area contributed by atoms with Crippen LogP contribution in [0, 0.1) is 29.6 Å². The monoisotopic (exact) mass is 354 g/mol. The van der Waals surface area contributed by atoms with Crippen LogP contribution in [0.5, 0.6) is 0 Å². The number of nitriles is 2. The third-order valence-electron chi connectivity index (χ3n) is 3.83. The van der Waals surface area contributed by atoms with Crippen LogP contribution in [0.3, 0.4) is 0 Å². The topological polar surface area (TPSA) is 118 Å². The Morgan fingerprint density at radius 2 is 1.93 bits per heavy atom. The number of benzene rings is 2. The highest BCUT2D eigenvalue weighted by molar-refractivity contribution is 5.80. The Labute approximate surface area is 155 Å². The summed E-state index contributed by atoms with van der Waals surface area (Å²) in [6, 6.07) is 18.3. The lowest BCUT2D eigenvalue weighted by Crippen LogP contribution is -2.16. The fourth-order valence-electron chi connectivity index (χ4n) is 2.50. The van der Waals surface area contributed by atoms with E-state index >= 15 is 0 Å². The van der Waals surface area contributed by atoms with E-state index in [4.69, 9.17) is 5.26 Å². The van der Waals surface area contributed by atoms with Gasteiger partial charge in [0.15, 0.2) is 0 Å². The van der Waals surface area contributed by atoms with E-state index in [0.29, 0.717) is 11.1 Å². The minimum atomic E-state index is -0.543. The molecule has 0 bridgehead atoms. The van der Waals surface area contributed by atoms with Crippen LogP contribution in [0.25, 0.3) is 11.3 Å². The number of rotatable bonds is 4. The maximum Gasteiger partial charge on any atom is 0.270 e. The normalized spacial score (nSPS) is 10.3. The van der Waals surface area contributed by atoms with Gasteiger partial charge in [0.05, 0.1) is 23.5 Å². The number of anilines is 1. The molecule has 0 aliphatic rings. The van der Waals surface area contributed by atoms with Crippen LogP contribution >= 0.6 is 0 Å². The number of hydrogen-bond acceptors (Lipinski definition) is 6. The SMILES string of the molecule is Cc1cc(C=NNc2nc(-c3ccccc3)c(C#N)c(=O)[nH]2)ccc1C#N. The van der Waals surface area contributed by atoms with E-state index in [2.05, 4.69) is 26.6 Å². The van der Waals surface area contributed by atoms with Gasteiger partial charge in [-0.1, -0.05) is 36.4 Å². The highest BCUT2D eigenvalue weighted by Gasteiger charge is 2.12. The summed E-state index contributed by atoms with van der Waals surface area (Å²) < 4.78 is 0. The molecule has 3 aromatic rings. The van der Waals surface area contributed by atoms with Crippen LogP contribution < -0.4 is 11.0 Å². The number of H-pyrrole nitrogens is 1. The van der Waals surface area contributed by atoms with E-state index in [1.807, 2.05) is 25.1 Å². The summed E-state index contributed by atoms with van der Waals surface area (Å²) in [5, 5.41) is 22.3. The van der Waals surface area contributed by atoms with Crippen molar-refractivity contribution in [1.29, 1.82) is 10.5 Å². The number of nitrogens with zero attached hydrogens (tertiary/aromatic N) is 4. The van der Waals surface area contributed by atoms with Crippen molar-refractivity contribution in [2.45, 2.75) is 6.92 Å². The van der Waals surface area contributed by atoms with Crippen molar-refractivity contribution in [2.24, 2.45) is 5.10 Å². The molecule has 0 fully saturated rings. The summed E-state index contributed by atoms with van der Waals surface area (Å²) >= 11 is 0. The van der Waals surface area contributed by atoms with E-state index in [1.165, 1.54) is 0 Å². The first-order chi connectivity index (χ1) is 13.1. The van der Waals surface area contributed by atoms with Gasteiger partial charge < -0.3 is 0 Å². The van der Waals surface area contributed by atoms with E-state index < -0.39 is 5.56 Å². The molecule has 0 radical (unpaired) electrons. The van der Waals surface area contributed by atoms with Gasteiger partial charge in [0.1, 0.15) is 11.6 Å². The number of nitrogens with one attached hydrogen (secondary N) is 2. The first kappa shape index (κ1) is 17.6. The molecule has 130 valence electrons. The number of hydrogen-bond donors (Lipinski definition) is 2. The molecular weight excluding hydrogens is 340 g/mol. The summed E-state index contributed by atoms with van der Waals surface area (Å²) in [7, 11) is 0. The highest BCUT2D eigenvalue weighted by Crippen LogP contribution is 2.19. The standard InChI is InChI=1S/C20H14N6O/c1-13-9-14(7-8-16(13)10-21)12-23-26-20-24-18(15-5-3-2-4-6-15)17(11-22)19(27)25-20/h2-9,12H,1H3,(H2,24,25,26,27). The van der Waals surface area contributed by atoms with E-state index in [-0.39, 0.29) is 17.2 Å². The lowest BCUT2D eigenvalue weighted by Gasteiger charge is -2.06. The minimum Gasteiger partial charge on any atom is -0.290 e. The molecule has 7 heteroatoms. The zero-order valence-electron chi connectivity index (χ0n) is 14.4. The Morgan fingerprint density at radius 3 is 2.59 bits per heavy atom. The van der Waals surface area contributed by atoms with E-state index in [0.717, 1.165) is 11.1 Å². The molecule has 7 nitrogen and oxygen atoms in total. The fourth-order valence-corrected chi connectivity index (χ4v) is 2.50. The van der Waals surface area contributed by atoms with E-state index in [9.17, 15) is 10.1 Å². The van der Waals surface area contributed by atoms with Crippen LogP contribution in [0.15, 0.2) is 58.4 Å². The van der Waals surface area contributed by atoms with Crippen molar-refractivity contribution in [1.82, 2.24) is 9.97 Å². The number of aryl methyl sites for hydroxylation is 1. The summed E-state index contributed by atoms with van der Waals surface area (Å²) in [4.78, 5) is 19.0. The van der Waals surface area contributed by atoms with Gasteiger partial charge in [-0.15, -0.1) is 0 Å². The molecular formula is C20H14N6O. The van der Waals surface area contributed by atoms with Crippen LogP contribution in [-0.2, 0) is 0 Å². The third-order valence-corrected chi connectivity index (χ3v) is 3.83. The van der Waals surface area contributed by atoms with Crippen molar-refractivity contribution < 1.29 is 0 Å². The summed E-state index contributed by atoms with van der Waals surface area (Å²) in [6.07, 6.45) is 1.55. The second kappa shape index (κ2) is 7.77. The minimum absolute atomic E-state index is 0.0570. The second-order valence-electron chi connectivity index (χ2n) is 5.67. The van der Waals surface area contributed by atoms with Crippen molar-refractivity contribution in [2.75, 3.05) is 5.43 Å². The Bertz CT molecular complexity index is 1150.